The molecule has 0 N–H and O–H groups in total. The van der Waals surface area contributed by atoms with Crippen LogP contribution < -0.4 is 14.3 Å². The van der Waals surface area contributed by atoms with Gasteiger partial charge >= 0.3 is 0 Å². The number of anilines is 2. The zero-order valence-electron chi connectivity index (χ0n) is 19.0. The highest BCUT2D eigenvalue weighted by atomic mass is 16.5. The Kier molecular flexibility index (Phi) is 5.19. The Morgan fingerprint density at radius 2 is 1.88 bits per heavy atom. The smallest absolute Gasteiger partial charge is 0.240 e. The van der Waals surface area contributed by atoms with Gasteiger partial charge < -0.3 is 14.5 Å². The van der Waals surface area contributed by atoms with E-state index in [4.69, 9.17) is 19.7 Å². The van der Waals surface area contributed by atoms with E-state index in [0.717, 1.165) is 66.9 Å². The Morgan fingerprint density at radius 3 is 2.62 bits per heavy atom. The van der Waals surface area contributed by atoms with Crippen molar-refractivity contribution in [3.8, 4) is 12.0 Å². The van der Waals surface area contributed by atoms with Crippen molar-refractivity contribution in [3.05, 3.63) is 30.1 Å². The van der Waals surface area contributed by atoms with Crippen molar-refractivity contribution in [1.82, 2.24) is 24.0 Å². The number of benzene rings is 1. The first-order chi connectivity index (χ1) is 15.6. The third-order valence-electron chi connectivity index (χ3n) is 6.44. The summed E-state index contributed by atoms with van der Waals surface area (Å²) in [7, 11) is 4.25. The normalized spacial score (nSPS) is 20.6. The number of ether oxygens (including phenoxy) is 1. The van der Waals surface area contributed by atoms with E-state index in [0.29, 0.717) is 30.1 Å². The van der Waals surface area contributed by atoms with Crippen molar-refractivity contribution in [2.45, 2.75) is 19.8 Å². The van der Waals surface area contributed by atoms with Crippen molar-refractivity contribution in [3.63, 3.8) is 0 Å². The molecule has 9 heteroatoms. The molecule has 0 aliphatic carbocycles. The molecule has 1 fully saturated rings. The molecule has 5 rings (SSSR count). The Labute approximate surface area is 188 Å². The van der Waals surface area contributed by atoms with Crippen LogP contribution in [0.2, 0.25) is 0 Å². The van der Waals surface area contributed by atoms with Gasteiger partial charge in [0.25, 0.3) is 0 Å². The van der Waals surface area contributed by atoms with E-state index in [1.54, 1.807) is 0 Å². The van der Waals surface area contributed by atoms with Crippen LogP contribution in [0, 0.1) is 11.3 Å². The lowest BCUT2D eigenvalue weighted by Gasteiger charge is -2.33. The minimum Gasteiger partial charge on any atom is -0.378 e. The van der Waals surface area contributed by atoms with Crippen LogP contribution in [-0.4, -0.2) is 73.1 Å². The van der Waals surface area contributed by atoms with E-state index in [9.17, 15) is 5.26 Å². The van der Waals surface area contributed by atoms with Gasteiger partial charge in [-0.05, 0) is 12.1 Å². The molecule has 32 heavy (non-hydrogen) atoms. The molecule has 1 unspecified atom stereocenters. The van der Waals surface area contributed by atoms with Gasteiger partial charge in [-0.3, -0.25) is 9.05 Å². The fourth-order valence-electron chi connectivity index (χ4n) is 4.89. The van der Waals surface area contributed by atoms with Crippen molar-refractivity contribution >= 4 is 28.4 Å². The summed E-state index contributed by atoms with van der Waals surface area (Å²) in [6.07, 6.45) is 1.27. The van der Waals surface area contributed by atoms with Crippen molar-refractivity contribution in [1.29, 1.82) is 5.26 Å². The quantitative estimate of drug-likeness (QED) is 0.572. The second kappa shape index (κ2) is 8.04. The van der Waals surface area contributed by atoms with Crippen LogP contribution >= 0.6 is 0 Å². The number of nitriles is 1. The standard InChI is InChI=1S/C23H29N8O/c1-4-19-25-17-8-5-6-9-18(17)30(19)23-26-21-20(22(27-23)29-11-14-32-15-12-29)31(3,13-7-10-24)16-28(21)2/h5-6,8-9H,4,7,11-16H2,1-3H3/q+1. The summed E-state index contributed by atoms with van der Waals surface area (Å²) in [4.78, 5) is 19.6. The lowest BCUT2D eigenvalue weighted by molar-refractivity contribution is 0.122. The molecule has 3 aromatic rings. The van der Waals surface area contributed by atoms with E-state index < -0.39 is 0 Å². The predicted octanol–water partition coefficient (Wildman–Crippen LogP) is 2.47. The highest BCUT2D eigenvalue weighted by molar-refractivity contribution is 5.83. The maximum Gasteiger partial charge on any atom is 0.240 e. The lowest BCUT2D eigenvalue weighted by Crippen LogP contribution is -2.48. The number of hydrogen-bond acceptors (Lipinski definition) is 7. The van der Waals surface area contributed by atoms with Crippen molar-refractivity contribution in [2.24, 2.45) is 0 Å². The van der Waals surface area contributed by atoms with Gasteiger partial charge in [-0.1, -0.05) is 19.1 Å². The van der Waals surface area contributed by atoms with Crippen LogP contribution in [0.4, 0.5) is 17.3 Å². The number of quaternary nitrogens is 1. The number of hydrogen-bond donors (Lipinski definition) is 0. The summed E-state index contributed by atoms with van der Waals surface area (Å²) in [6.45, 7) is 6.53. The lowest BCUT2D eigenvalue weighted by atomic mass is 10.2. The fraction of sp³-hybridized carbons (Fsp3) is 0.478. The van der Waals surface area contributed by atoms with Gasteiger partial charge in [-0.25, -0.2) is 4.98 Å². The summed E-state index contributed by atoms with van der Waals surface area (Å²) >= 11 is 0. The van der Waals surface area contributed by atoms with Crippen LogP contribution in [0.15, 0.2) is 24.3 Å². The van der Waals surface area contributed by atoms with E-state index in [2.05, 4.69) is 47.5 Å². The number of aromatic nitrogens is 4. The molecule has 0 saturated carbocycles. The first-order valence-electron chi connectivity index (χ1n) is 11.2. The second-order valence-corrected chi connectivity index (χ2v) is 8.69. The molecule has 0 amide bonds. The van der Waals surface area contributed by atoms with Crippen molar-refractivity contribution in [2.75, 3.05) is 63.4 Å². The summed E-state index contributed by atoms with van der Waals surface area (Å²) in [6, 6.07) is 10.4. The molecule has 0 radical (unpaired) electrons. The molecular weight excluding hydrogens is 404 g/mol. The van der Waals surface area contributed by atoms with E-state index in [-0.39, 0.29) is 0 Å². The maximum atomic E-state index is 9.26. The minimum atomic E-state index is 0.486. The number of rotatable bonds is 5. The van der Waals surface area contributed by atoms with Gasteiger partial charge in [0.1, 0.15) is 5.82 Å². The van der Waals surface area contributed by atoms with Gasteiger partial charge in [0, 0.05) is 26.6 Å². The fourth-order valence-corrected chi connectivity index (χ4v) is 4.89. The third kappa shape index (κ3) is 3.27. The number of aryl methyl sites for hydroxylation is 1. The van der Waals surface area contributed by atoms with Crippen LogP contribution in [0.25, 0.3) is 17.0 Å². The Morgan fingerprint density at radius 1 is 1.12 bits per heavy atom. The highest BCUT2D eigenvalue weighted by Gasteiger charge is 2.44. The molecule has 9 nitrogen and oxygen atoms in total. The molecule has 2 aliphatic heterocycles. The van der Waals surface area contributed by atoms with Crippen LogP contribution in [-0.2, 0) is 11.2 Å². The van der Waals surface area contributed by atoms with Gasteiger partial charge in [0.05, 0.1) is 50.3 Å². The molecular formula is C23H29N8O+. The van der Waals surface area contributed by atoms with E-state index >= 15 is 0 Å². The first-order valence-corrected chi connectivity index (χ1v) is 11.2. The number of imidazole rings is 1. The molecule has 4 heterocycles. The average Bonchev–Trinajstić information content (AvgIpc) is 3.32. The summed E-state index contributed by atoms with van der Waals surface area (Å²) in [5, 5.41) is 9.26. The Hall–Kier alpha value is -3.22. The average molecular weight is 434 g/mol. The number of fused-ring (bicyclic) bond motifs is 2. The largest absolute Gasteiger partial charge is 0.378 e. The topological polar surface area (TPSA) is 83.1 Å². The van der Waals surface area contributed by atoms with E-state index in [1.165, 1.54) is 0 Å². The molecule has 2 aromatic heterocycles. The molecule has 1 saturated heterocycles. The van der Waals surface area contributed by atoms with Crippen molar-refractivity contribution < 1.29 is 4.74 Å². The SMILES string of the molecule is CCc1nc2ccccc2n1-c1nc2c(c(N3CCOCC3)n1)[N+](C)(CCC#N)CN2C. The summed E-state index contributed by atoms with van der Waals surface area (Å²) < 4.78 is 8.33. The Bertz CT molecular complexity index is 1190. The summed E-state index contributed by atoms with van der Waals surface area (Å²) in [5.41, 5.74) is 3.06. The number of para-hydroxylation sites is 2. The van der Waals surface area contributed by atoms with Crippen LogP contribution in [0.5, 0.6) is 0 Å². The molecule has 0 bridgehead atoms. The van der Waals surface area contributed by atoms with Crippen LogP contribution in [0.1, 0.15) is 19.2 Å². The third-order valence-corrected chi connectivity index (χ3v) is 6.44. The summed E-state index contributed by atoms with van der Waals surface area (Å²) in [5.74, 6) is 3.47. The van der Waals surface area contributed by atoms with Crippen LogP contribution in [0.3, 0.4) is 0 Å². The zero-order valence-corrected chi connectivity index (χ0v) is 19.0. The second-order valence-electron chi connectivity index (χ2n) is 8.69. The minimum absolute atomic E-state index is 0.486. The zero-order chi connectivity index (χ0) is 22.3. The van der Waals surface area contributed by atoms with Gasteiger partial charge in [-0.2, -0.15) is 15.2 Å². The Balaban J connectivity index is 1.74. The molecule has 0 spiro atoms. The predicted molar refractivity (Wildman–Crippen MR) is 125 cm³/mol. The van der Waals surface area contributed by atoms with Gasteiger partial charge in [-0.15, -0.1) is 0 Å². The number of morpholine rings is 1. The molecule has 1 aromatic carbocycles. The molecule has 1 atom stereocenters. The maximum absolute atomic E-state index is 9.26. The van der Waals surface area contributed by atoms with E-state index in [1.807, 2.05) is 18.2 Å². The first kappa shape index (κ1) is 20.7. The molecule has 166 valence electrons. The van der Waals surface area contributed by atoms with Gasteiger partial charge in [0.2, 0.25) is 17.5 Å². The highest BCUT2D eigenvalue weighted by Crippen LogP contribution is 2.45. The van der Waals surface area contributed by atoms with Gasteiger partial charge in [0.15, 0.2) is 12.5 Å². The number of nitrogens with zero attached hydrogens (tertiary/aromatic N) is 8. The molecule has 2 aliphatic rings. The monoisotopic (exact) mass is 433 g/mol.